The molecule has 2 fully saturated rings. The van der Waals surface area contributed by atoms with Gasteiger partial charge in [0.05, 0.1) is 5.92 Å². The number of halogens is 1. The second kappa shape index (κ2) is 9.48. The van der Waals surface area contributed by atoms with Gasteiger partial charge in [-0.1, -0.05) is 37.5 Å². The summed E-state index contributed by atoms with van der Waals surface area (Å²) < 4.78 is 0. The number of nitrogens with zero attached hydrogens (tertiary/aromatic N) is 1. The molecule has 0 aromatic heterocycles. The lowest BCUT2D eigenvalue weighted by molar-refractivity contribution is -0.136. The second-order valence-corrected chi connectivity index (χ2v) is 8.93. The number of nitrogens with one attached hydrogen (secondary N) is 1. The van der Waals surface area contributed by atoms with E-state index in [0.717, 1.165) is 57.1 Å². The molecule has 3 aliphatic rings. The summed E-state index contributed by atoms with van der Waals surface area (Å²) in [6, 6.07) is 8.52. The Morgan fingerprint density at radius 2 is 1.79 bits per heavy atom. The zero-order valence-electron chi connectivity index (χ0n) is 17.3. The second-order valence-electron chi connectivity index (χ2n) is 8.93. The summed E-state index contributed by atoms with van der Waals surface area (Å²) in [6.45, 7) is 2.74. The van der Waals surface area contributed by atoms with E-state index in [1.54, 1.807) is 0 Å². The van der Waals surface area contributed by atoms with Gasteiger partial charge in [0.15, 0.2) is 0 Å². The van der Waals surface area contributed by atoms with E-state index in [2.05, 4.69) is 18.3 Å². The molecule has 6 heteroatoms. The maximum absolute atomic E-state index is 13.6. The van der Waals surface area contributed by atoms with E-state index in [9.17, 15) is 9.59 Å². The Kier molecular flexibility index (Phi) is 7.23. The van der Waals surface area contributed by atoms with Crippen molar-refractivity contribution >= 4 is 29.9 Å². The Hall–Kier alpha value is -1.59. The van der Waals surface area contributed by atoms with E-state index in [4.69, 9.17) is 5.73 Å². The van der Waals surface area contributed by atoms with Crippen LogP contribution in [0.3, 0.4) is 0 Å². The van der Waals surface area contributed by atoms with Crippen LogP contribution in [0.1, 0.15) is 57.4 Å². The van der Waals surface area contributed by atoms with Gasteiger partial charge in [-0.2, -0.15) is 0 Å². The number of nitrogens with two attached hydrogens (primary N) is 1. The molecule has 4 rings (SSSR count). The highest BCUT2D eigenvalue weighted by atomic mass is 35.5. The van der Waals surface area contributed by atoms with Crippen LogP contribution in [0, 0.1) is 17.8 Å². The van der Waals surface area contributed by atoms with E-state index >= 15 is 0 Å². The lowest BCUT2D eigenvalue weighted by atomic mass is 9.77. The Bertz CT molecular complexity index is 741. The average molecular weight is 420 g/mol. The van der Waals surface area contributed by atoms with Crippen molar-refractivity contribution in [3.05, 3.63) is 29.8 Å². The van der Waals surface area contributed by atoms with Crippen LogP contribution in [-0.2, 0) is 16.0 Å². The van der Waals surface area contributed by atoms with Crippen LogP contribution in [0.5, 0.6) is 0 Å². The van der Waals surface area contributed by atoms with Crippen molar-refractivity contribution in [3.8, 4) is 0 Å². The van der Waals surface area contributed by atoms with Crippen molar-refractivity contribution in [2.45, 2.75) is 70.4 Å². The number of para-hydroxylation sites is 1. The third-order valence-electron chi connectivity index (χ3n) is 7.15. The number of carbonyl (C=O) groups is 2. The van der Waals surface area contributed by atoms with E-state index in [0.29, 0.717) is 12.5 Å². The first-order valence-corrected chi connectivity index (χ1v) is 11.0. The van der Waals surface area contributed by atoms with Crippen LogP contribution in [-0.4, -0.2) is 30.4 Å². The maximum Gasteiger partial charge on any atom is 0.231 e. The molecule has 0 saturated heterocycles. The molecular weight excluding hydrogens is 386 g/mol. The normalized spacial score (nSPS) is 31.1. The van der Waals surface area contributed by atoms with Crippen LogP contribution >= 0.6 is 12.4 Å². The topological polar surface area (TPSA) is 75.4 Å². The molecule has 29 heavy (non-hydrogen) atoms. The smallest absolute Gasteiger partial charge is 0.231 e. The first-order valence-electron chi connectivity index (χ1n) is 11.0. The zero-order valence-corrected chi connectivity index (χ0v) is 18.1. The third kappa shape index (κ3) is 4.31. The lowest BCUT2D eigenvalue weighted by Gasteiger charge is -2.35. The first-order chi connectivity index (χ1) is 13.6. The molecule has 1 heterocycles. The van der Waals surface area contributed by atoms with E-state index in [-0.39, 0.29) is 48.1 Å². The van der Waals surface area contributed by atoms with Crippen molar-refractivity contribution in [1.82, 2.24) is 5.32 Å². The number of hydrogen-bond donors (Lipinski definition) is 2. The van der Waals surface area contributed by atoms with Crippen molar-refractivity contribution < 1.29 is 9.59 Å². The van der Waals surface area contributed by atoms with Gasteiger partial charge in [0.25, 0.3) is 0 Å². The highest BCUT2D eigenvalue weighted by Gasteiger charge is 2.42. The maximum atomic E-state index is 13.6. The van der Waals surface area contributed by atoms with Crippen molar-refractivity contribution in [3.63, 3.8) is 0 Å². The summed E-state index contributed by atoms with van der Waals surface area (Å²) in [6.07, 6.45) is 7.80. The minimum absolute atomic E-state index is 0. The van der Waals surface area contributed by atoms with Crippen LogP contribution in [0.4, 0.5) is 5.69 Å². The van der Waals surface area contributed by atoms with Gasteiger partial charge in [-0.25, -0.2) is 0 Å². The number of hydrogen-bond acceptors (Lipinski definition) is 3. The highest BCUT2D eigenvalue weighted by molar-refractivity contribution is 6.00. The highest BCUT2D eigenvalue weighted by Crippen LogP contribution is 2.38. The standard InChI is InChI=1S/C23H33N3O2.ClH/c1-15-13-16-7-2-5-12-21(16)26(15)23(28)19-10-4-3-9-18(19)22(27)25-20-11-6-8-17(20)14-24;/h2,5,7,12,15,17-20H,3-4,6,8-11,13-14,24H2,1H3,(H,25,27);1H. The predicted octanol–water partition coefficient (Wildman–Crippen LogP) is 3.44. The fourth-order valence-corrected chi connectivity index (χ4v) is 5.62. The van der Waals surface area contributed by atoms with Gasteiger partial charge in [0.2, 0.25) is 11.8 Å². The van der Waals surface area contributed by atoms with Crippen molar-refractivity contribution in [1.29, 1.82) is 0 Å². The van der Waals surface area contributed by atoms with Gasteiger partial charge in [0, 0.05) is 23.7 Å². The quantitative estimate of drug-likeness (QED) is 0.784. The average Bonchev–Trinajstić information content (AvgIpc) is 3.30. The Morgan fingerprint density at radius 1 is 1.07 bits per heavy atom. The number of fused-ring (bicyclic) bond motifs is 1. The van der Waals surface area contributed by atoms with Gasteiger partial charge in [-0.3, -0.25) is 9.59 Å². The largest absolute Gasteiger partial charge is 0.353 e. The van der Waals surface area contributed by atoms with Crippen molar-refractivity contribution in [2.24, 2.45) is 23.5 Å². The number of carbonyl (C=O) groups excluding carboxylic acids is 2. The lowest BCUT2D eigenvalue weighted by Crippen LogP contribution is -2.49. The zero-order chi connectivity index (χ0) is 19.7. The molecule has 5 nitrogen and oxygen atoms in total. The van der Waals surface area contributed by atoms with Crippen molar-refractivity contribution in [2.75, 3.05) is 11.4 Å². The molecule has 0 radical (unpaired) electrons. The minimum Gasteiger partial charge on any atom is -0.353 e. The summed E-state index contributed by atoms with van der Waals surface area (Å²) in [5.41, 5.74) is 8.15. The Labute approximate surface area is 180 Å². The number of amides is 2. The first kappa shape index (κ1) is 22.1. The summed E-state index contributed by atoms with van der Waals surface area (Å²) in [7, 11) is 0. The molecule has 0 spiro atoms. The fourth-order valence-electron chi connectivity index (χ4n) is 5.62. The number of benzene rings is 1. The SMILES string of the molecule is CC1Cc2ccccc2N1C(=O)C1CCCCC1C(=O)NC1CCCC1CN.Cl. The molecule has 1 aliphatic heterocycles. The third-order valence-corrected chi connectivity index (χ3v) is 7.15. The summed E-state index contributed by atoms with van der Waals surface area (Å²) in [5.74, 6) is 0.176. The molecular formula is C23H34ClN3O2. The van der Waals surface area contributed by atoms with Crippen LogP contribution in [0.15, 0.2) is 24.3 Å². The van der Waals surface area contributed by atoms with E-state index in [1.165, 1.54) is 5.56 Å². The molecule has 160 valence electrons. The monoisotopic (exact) mass is 419 g/mol. The van der Waals surface area contributed by atoms with E-state index in [1.807, 2.05) is 23.1 Å². The van der Waals surface area contributed by atoms with Crippen LogP contribution < -0.4 is 16.0 Å². The van der Waals surface area contributed by atoms with E-state index < -0.39 is 0 Å². The van der Waals surface area contributed by atoms with Crippen LogP contribution in [0.25, 0.3) is 0 Å². The molecule has 0 bridgehead atoms. The van der Waals surface area contributed by atoms with Gasteiger partial charge < -0.3 is 16.0 Å². The summed E-state index contributed by atoms with van der Waals surface area (Å²) in [4.78, 5) is 28.7. The molecule has 1 aromatic carbocycles. The molecule has 2 saturated carbocycles. The molecule has 1 aromatic rings. The van der Waals surface area contributed by atoms with Crippen LogP contribution in [0.2, 0.25) is 0 Å². The van der Waals surface area contributed by atoms with Gasteiger partial charge in [-0.05, 0) is 63.1 Å². The molecule has 2 amide bonds. The molecule has 5 unspecified atom stereocenters. The number of anilines is 1. The van der Waals surface area contributed by atoms with Gasteiger partial charge in [0.1, 0.15) is 0 Å². The predicted molar refractivity (Wildman–Crippen MR) is 118 cm³/mol. The Balaban J connectivity index is 0.00000240. The van der Waals surface area contributed by atoms with Gasteiger partial charge >= 0.3 is 0 Å². The molecule has 3 N–H and O–H groups in total. The fraction of sp³-hybridized carbons (Fsp3) is 0.652. The molecule has 5 atom stereocenters. The number of rotatable bonds is 4. The molecule has 2 aliphatic carbocycles. The Morgan fingerprint density at radius 3 is 2.55 bits per heavy atom. The van der Waals surface area contributed by atoms with Gasteiger partial charge in [-0.15, -0.1) is 12.4 Å². The summed E-state index contributed by atoms with van der Waals surface area (Å²) >= 11 is 0. The minimum atomic E-state index is -0.208. The summed E-state index contributed by atoms with van der Waals surface area (Å²) in [5, 5.41) is 3.27.